The van der Waals surface area contributed by atoms with Gasteiger partial charge in [-0.15, -0.1) is 0 Å². The molecule has 0 bridgehead atoms. The number of benzene rings is 2. The topological polar surface area (TPSA) is 46.8 Å². The average Bonchev–Trinajstić information content (AvgIpc) is 3.36. The number of aromatic nitrogens is 1. The van der Waals surface area contributed by atoms with E-state index in [1.165, 1.54) is 11.8 Å². The Hall–Kier alpha value is -3.09. The molecule has 4 rings (SSSR count). The number of hydrogen-bond acceptors (Lipinski definition) is 4. The number of hydrogen-bond donors (Lipinski definition) is 0. The molecule has 0 N–H and O–H groups in total. The number of thioether (sulfide) groups is 1. The quantitative estimate of drug-likeness (QED) is 0.396. The molecule has 30 heavy (non-hydrogen) atoms. The van der Waals surface area contributed by atoms with Crippen molar-refractivity contribution >= 4 is 34.6 Å². The summed E-state index contributed by atoms with van der Waals surface area (Å²) in [7, 11) is 1.67. The third-order valence-electron chi connectivity index (χ3n) is 4.67. The molecule has 1 saturated heterocycles. The number of nitrogens with zero attached hydrogens (tertiary/aromatic N) is 3. The number of amides is 1. The van der Waals surface area contributed by atoms with E-state index < -0.39 is 0 Å². The Labute approximate surface area is 180 Å². The number of carbonyl (C=O) groups is 1. The molecule has 0 spiro atoms. The number of rotatable bonds is 7. The van der Waals surface area contributed by atoms with Crippen molar-refractivity contribution in [3.63, 3.8) is 0 Å². The van der Waals surface area contributed by atoms with Crippen LogP contribution in [-0.4, -0.2) is 40.8 Å². The second kappa shape index (κ2) is 9.61. The molecule has 0 aliphatic carbocycles. The van der Waals surface area contributed by atoms with Crippen molar-refractivity contribution in [2.24, 2.45) is 4.99 Å². The Balaban J connectivity index is 1.60. The Morgan fingerprint density at radius 3 is 2.50 bits per heavy atom. The van der Waals surface area contributed by atoms with E-state index in [-0.39, 0.29) is 5.91 Å². The lowest BCUT2D eigenvalue weighted by Gasteiger charge is -2.15. The average molecular weight is 418 g/mol. The van der Waals surface area contributed by atoms with Crippen LogP contribution in [0.5, 0.6) is 0 Å². The van der Waals surface area contributed by atoms with Gasteiger partial charge in [-0.3, -0.25) is 9.69 Å². The lowest BCUT2D eigenvalue weighted by atomic mass is 10.3. The highest BCUT2D eigenvalue weighted by atomic mass is 32.2. The maximum Gasteiger partial charge on any atom is 0.266 e. The van der Waals surface area contributed by atoms with E-state index in [9.17, 15) is 4.79 Å². The minimum Gasteiger partial charge on any atom is -0.385 e. The van der Waals surface area contributed by atoms with E-state index in [0.29, 0.717) is 23.2 Å². The minimum atomic E-state index is -0.0155. The van der Waals surface area contributed by atoms with Gasteiger partial charge in [0.2, 0.25) is 0 Å². The van der Waals surface area contributed by atoms with Crippen LogP contribution in [0.3, 0.4) is 0 Å². The number of amidine groups is 1. The van der Waals surface area contributed by atoms with Gasteiger partial charge in [-0.05, 0) is 60.2 Å². The summed E-state index contributed by atoms with van der Waals surface area (Å²) in [6.45, 7) is 1.18. The number of para-hydroxylation sites is 2. The molecule has 0 saturated carbocycles. The highest BCUT2D eigenvalue weighted by Crippen LogP contribution is 2.34. The minimum absolute atomic E-state index is 0.0155. The predicted molar refractivity (Wildman–Crippen MR) is 123 cm³/mol. The van der Waals surface area contributed by atoms with Gasteiger partial charge in [0.05, 0.1) is 10.6 Å². The Morgan fingerprint density at radius 1 is 1.03 bits per heavy atom. The summed E-state index contributed by atoms with van der Waals surface area (Å²) in [5.41, 5.74) is 2.90. The maximum atomic E-state index is 13.1. The Morgan fingerprint density at radius 2 is 1.77 bits per heavy atom. The van der Waals surface area contributed by atoms with Crippen LogP contribution in [0.2, 0.25) is 0 Å². The second-order valence-electron chi connectivity index (χ2n) is 6.83. The standard InChI is InChI=1S/C24H23N3O2S/c1-29-16-8-14-27-23(28)22(30-24(27)25-20-9-4-2-5-10-20)17-19-13-15-26(18-19)21-11-6-3-7-12-21/h2-7,9-13,15,17-18H,8,14,16H2,1H3/b22-17+,25-24?. The molecule has 0 radical (unpaired) electrons. The molecule has 5 nitrogen and oxygen atoms in total. The summed E-state index contributed by atoms with van der Waals surface area (Å²) in [5, 5.41) is 0.705. The third kappa shape index (κ3) is 4.72. The molecular weight excluding hydrogens is 394 g/mol. The Kier molecular flexibility index (Phi) is 6.47. The third-order valence-corrected chi connectivity index (χ3v) is 5.67. The molecule has 1 fully saturated rings. The largest absolute Gasteiger partial charge is 0.385 e. The monoisotopic (exact) mass is 417 g/mol. The first-order valence-corrected chi connectivity index (χ1v) is 10.6. The zero-order chi connectivity index (χ0) is 20.8. The van der Waals surface area contributed by atoms with Gasteiger partial charge in [0, 0.05) is 38.3 Å². The summed E-state index contributed by atoms with van der Waals surface area (Å²) in [6, 6.07) is 21.8. The van der Waals surface area contributed by atoms with Crippen molar-refractivity contribution in [2.75, 3.05) is 20.3 Å². The zero-order valence-corrected chi connectivity index (χ0v) is 17.6. The molecule has 6 heteroatoms. The summed E-state index contributed by atoms with van der Waals surface area (Å²) in [4.78, 5) is 20.2. The van der Waals surface area contributed by atoms with Crippen LogP contribution in [0.1, 0.15) is 12.0 Å². The van der Waals surface area contributed by atoms with E-state index in [4.69, 9.17) is 9.73 Å². The van der Waals surface area contributed by atoms with Crippen LogP contribution in [0.4, 0.5) is 5.69 Å². The van der Waals surface area contributed by atoms with Crippen LogP contribution >= 0.6 is 11.8 Å². The molecule has 0 unspecified atom stereocenters. The number of carbonyl (C=O) groups excluding carboxylic acids is 1. The number of aliphatic imine (C=N–C) groups is 1. The first kappa shape index (κ1) is 20.2. The fourth-order valence-electron chi connectivity index (χ4n) is 3.18. The van der Waals surface area contributed by atoms with Crippen molar-refractivity contribution in [1.82, 2.24) is 9.47 Å². The van der Waals surface area contributed by atoms with Gasteiger partial charge in [0.1, 0.15) is 0 Å². The van der Waals surface area contributed by atoms with Gasteiger partial charge in [0.25, 0.3) is 5.91 Å². The number of methoxy groups -OCH3 is 1. The van der Waals surface area contributed by atoms with Gasteiger partial charge in [-0.25, -0.2) is 4.99 Å². The maximum absolute atomic E-state index is 13.1. The molecule has 1 amide bonds. The van der Waals surface area contributed by atoms with Gasteiger partial charge in [-0.2, -0.15) is 0 Å². The fraction of sp³-hybridized carbons (Fsp3) is 0.167. The SMILES string of the molecule is COCCCN1C(=O)/C(=C\c2ccn(-c3ccccc3)c2)SC1=Nc1ccccc1. The van der Waals surface area contributed by atoms with Gasteiger partial charge in [-0.1, -0.05) is 36.4 Å². The van der Waals surface area contributed by atoms with Crippen LogP contribution in [-0.2, 0) is 9.53 Å². The molecule has 1 aromatic heterocycles. The molecule has 2 aromatic carbocycles. The van der Waals surface area contributed by atoms with Crippen LogP contribution in [0.15, 0.2) is 89.0 Å². The van der Waals surface area contributed by atoms with Crippen molar-refractivity contribution in [2.45, 2.75) is 6.42 Å². The fourth-order valence-corrected chi connectivity index (χ4v) is 4.20. The van der Waals surface area contributed by atoms with E-state index in [2.05, 4.69) is 12.1 Å². The predicted octanol–water partition coefficient (Wildman–Crippen LogP) is 5.12. The molecule has 152 valence electrons. The Bertz CT molecular complexity index is 1060. The van der Waals surface area contributed by atoms with Crippen LogP contribution < -0.4 is 0 Å². The smallest absolute Gasteiger partial charge is 0.266 e. The summed E-state index contributed by atoms with van der Waals surface area (Å²) in [5.74, 6) is -0.0155. The molecule has 1 aliphatic heterocycles. The van der Waals surface area contributed by atoms with Crippen LogP contribution in [0.25, 0.3) is 11.8 Å². The van der Waals surface area contributed by atoms with E-state index in [0.717, 1.165) is 23.4 Å². The molecule has 3 aromatic rings. The number of ether oxygens (including phenoxy) is 1. The lowest BCUT2D eigenvalue weighted by Crippen LogP contribution is -2.30. The van der Waals surface area contributed by atoms with Crippen molar-refractivity contribution in [3.8, 4) is 5.69 Å². The highest BCUT2D eigenvalue weighted by molar-refractivity contribution is 8.18. The van der Waals surface area contributed by atoms with E-state index in [1.807, 2.05) is 77.6 Å². The summed E-state index contributed by atoms with van der Waals surface area (Å²) >= 11 is 1.42. The molecular formula is C24H23N3O2S. The van der Waals surface area contributed by atoms with Gasteiger partial charge >= 0.3 is 0 Å². The van der Waals surface area contributed by atoms with E-state index in [1.54, 1.807) is 12.0 Å². The van der Waals surface area contributed by atoms with E-state index >= 15 is 0 Å². The van der Waals surface area contributed by atoms with Crippen molar-refractivity contribution in [3.05, 3.63) is 89.6 Å². The van der Waals surface area contributed by atoms with Crippen molar-refractivity contribution < 1.29 is 9.53 Å². The highest BCUT2D eigenvalue weighted by Gasteiger charge is 2.33. The summed E-state index contributed by atoms with van der Waals surface area (Å²) in [6.07, 6.45) is 6.72. The molecule has 1 aliphatic rings. The second-order valence-corrected chi connectivity index (χ2v) is 7.84. The van der Waals surface area contributed by atoms with Crippen molar-refractivity contribution in [1.29, 1.82) is 0 Å². The first-order chi connectivity index (χ1) is 14.7. The summed E-state index contributed by atoms with van der Waals surface area (Å²) < 4.78 is 7.20. The van der Waals surface area contributed by atoms with Gasteiger partial charge in [0.15, 0.2) is 5.17 Å². The van der Waals surface area contributed by atoms with Gasteiger partial charge < -0.3 is 9.30 Å². The lowest BCUT2D eigenvalue weighted by molar-refractivity contribution is -0.122. The zero-order valence-electron chi connectivity index (χ0n) is 16.8. The van der Waals surface area contributed by atoms with Crippen LogP contribution in [0, 0.1) is 0 Å². The normalized spacial score (nSPS) is 16.7. The molecule has 2 heterocycles. The molecule has 0 atom stereocenters. The first-order valence-electron chi connectivity index (χ1n) is 9.82.